The summed E-state index contributed by atoms with van der Waals surface area (Å²) < 4.78 is 39.3. The molecule has 4 heterocycles. The summed E-state index contributed by atoms with van der Waals surface area (Å²) in [5.41, 5.74) is -1.23. The zero-order chi connectivity index (χ0) is 20.8. The number of nitriles is 2. The number of carbonyl (C=O) groups is 1. The Morgan fingerprint density at radius 3 is 2.69 bits per heavy atom. The molecule has 0 radical (unpaired) electrons. The molecule has 0 spiro atoms. The van der Waals surface area contributed by atoms with E-state index in [9.17, 15) is 23.2 Å². The first kappa shape index (κ1) is 19.3. The Balaban J connectivity index is 1.43. The molecule has 0 aliphatic carbocycles. The average Bonchev–Trinajstić information content (AvgIpc) is 3.41. The van der Waals surface area contributed by atoms with Crippen LogP contribution in [0.15, 0.2) is 12.1 Å². The molecule has 7 nitrogen and oxygen atoms in total. The van der Waals surface area contributed by atoms with Gasteiger partial charge in [-0.25, -0.2) is 4.98 Å². The Hall–Kier alpha value is -3.01. The molecular weight excluding hydrogens is 385 g/mol. The van der Waals surface area contributed by atoms with Crippen LogP contribution in [0.4, 0.5) is 19.0 Å². The number of hydrogen-bond donors (Lipinski definition) is 1. The van der Waals surface area contributed by atoms with Crippen molar-refractivity contribution in [3.8, 4) is 12.3 Å². The van der Waals surface area contributed by atoms with Gasteiger partial charge < -0.3 is 15.1 Å². The minimum atomic E-state index is -4.58. The van der Waals surface area contributed by atoms with E-state index >= 15 is 0 Å². The van der Waals surface area contributed by atoms with Crippen molar-refractivity contribution in [2.75, 3.05) is 18.0 Å². The van der Waals surface area contributed by atoms with Crippen molar-refractivity contribution in [3.05, 3.63) is 23.4 Å². The van der Waals surface area contributed by atoms with Gasteiger partial charge in [-0.05, 0) is 37.8 Å². The van der Waals surface area contributed by atoms with Gasteiger partial charge in [-0.15, -0.1) is 0 Å². The Morgan fingerprint density at radius 1 is 1.24 bits per heavy atom. The molecule has 1 N–H and O–H groups in total. The molecule has 3 saturated heterocycles. The summed E-state index contributed by atoms with van der Waals surface area (Å²) in [4.78, 5) is 20.1. The zero-order valence-corrected chi connectivity index (χ0v) is 15.5. The number of carbonyl (C=O) groups excluding carboxylic acids is 1. The lowest BCUT2D eigenvalue weighted by atomic mass is 9.95. The molecule has 0 saturated carbocycles. The molecule has 3 aliphatic heterocycles. The number of alkyl halides is 3. The van der Waals surface area contributed by atoms with E-state index in [0.717, 1.165) is 31.4 Å². The van der Waals surface area contributed by atoms with Crippen molar-refractivity contribution < 1.29 is 18.0 Å². The van der Waals surface area contributed by atoms with Crippen molar-refractivity contribution in [2.24, 2.45) is 5.92 Å². The first-order valence-electron chi connectivity index (χ1n) is 9.53. The Morgan fingerprint density at radius 2 is 2.03 bits per heavy atom. The van der Waals surface area contributed by atoms with Crippen LogP contribution in [0.2, 0.25) is 0 Å². The maximum atomic E-state index is 13.1. The highest BCUT2D eigenvalue weighted by molar-refractivity contribution is 5.80. The number of rotatable bonds is 3. The van der Waals surface area contributed by atoms with E-state index in [1.54, 1.807) is 15.9 Å². The van der Waals surface area contributed by atoms with E-state index in [1.807, 2.05) is 0 Å². The van der Waals surface area contributed by atoms with E-state index in [4.69, 9.17) is 5.26 Å². The van der Waals surface area contributed by atoms with Crippen LogP contribution in [0.3, 0.4) is 0 Å². The zero-order valence-electron chi connectivity index (χ0n) is 15.5. The number of halogens is 3. The molecule has 1 aromatic heterocycles. The second-order valence-corrected chi connectivity index (χ2v) is 7.80. The number of nitrogens with zero attached hydrogens (tertiary/aromatic N) is 5. The van der Waals surface area contributed by atoms with Crippen LogP contribution in [-0.2, 0) is 11.0 Å². The fraction of sp³-hybridized carbons (Fsp3) is 0.579. The van der Waals surface area contributed by atoms with Crippen molar-refractivity contribution in [2.45, 2.75) is 50.0 Å². The number of hydrogen-bond acceptors (Lipinski definition) is 6. The minimum Gasteiger partial charge on any atom is -0.356 e. The summed E-state index contributed by atoms with van der Waals surface area (Å²) in [6.45, 7) is 0.631. The summed E-state index contributed by atoms with van der Waals surface area (Å²) in [7, 11) is 0. The Kier molecular flexibility index (Phi) is 4.73. The van der Waals surface area contributed by atoms with Gasteiger partial charge in [-0.2, -0.15) is 23.7 Å². The van der Waals surface area contributed by atoms with E-state index in [-0.39, 0.29) is 48.0 Å². The topological polar surface area (TPSA) is 96.0 Å². The molecule has 29 heavy (non-hydrogen) atoms. The maximum absolute atomic E-state index is 13.1. The fourth-order valence-corrected chi connectivity index (χ4v) is 4.68. The smallest absolute Gasteiger partial charge is 0.356 e. The lowest BCUT2D eigenvalue weighted by Gasteiger charge is -2.24. The van der Waals surface area contributed by atoms with Crippen LogP contribution in [0, 0.1) is 28.7 Å². The molecule has 1 amide bonds. The SMILES string of the molecule is N#Cc1cc(C(F)(F)F)cc(N2CC[C@H](C(=O)N[C@@H]3C[C@@H]4CC[C@H]3N4C#N)C2)n1. The van der Waals surface area contributed by atoms with Gasteiger partial charge in [0.05, 0.1) is 23.6 Å². The molecule has 4 rings (SSSR count). The molecular formula is C19H19F3N6O. The van der Waals surface area contributed by atoms with Gasteiger partial charge in [-0.1, -0.05) is 0 Å². The predicted octanol–water partition coefficient (Wildman–Crippen LogP) is 2.00. The van der Waals surface area contributed by atoms with Crippen LogP contribution in [-0.4, -0.2) is 47.0 Å². The number of nitrogens with one attached hydrogen (secondary N) is 1. The van der Waals surface area contributed by atoms with Crippen molar-refractivity contribution in [1.82, 2.24) is 15.2 Å². The second kappa shape index (κ2) is 7.11. The van der Waals surface area contributed by atoms with Crippen molar-refractivity contribution in [1.29, 1.82) is 10.5 Å². The van der Waals surface area contributed by atoms with E-state index in [0.29, 0.717) is 13.0 Å². The Bertz CT molecular complexity index is 905. The van der Waals surface area contributed by atoms with Crippen molar-refractivity contribution in [3.63, 3.8) is 0 Å². The highest BCUT2D eigenvalue weighted by Gasteiger charge is 2.47. The maximum Gasteiger partial charge on any atom is 0.416 e. The van der Waals surface area contributed by atoms with Gasteiger partial charge in [0.1, 0.15) is 17.6 Å². The fourth-order valence-electron chi connectivity index (χ4n) is 4.68. The molecule has 10 heteroatoms. The molecule has 4 atom stereocenters. The largest absolute Gasteiger partial charge is 0.416 e. The molecule has 0 unspecified atom stereocenters. The third kappa shape index (κ3) is 3.55. The summed E-state index contributed by atoms with van der Waals surface area (Å²) in [5.74, 6) is -0.454. The summed E-state index contributed by atoms with van der Waals surface area (Å²) in [5, 5.41) is 21.3. The summed E-state index contributed by atoms with van der Waals surface area (Å²) in [6.07, 6.45) is 0.716. The number of aromatic nitrogens is 1. The molecule has 152 valence electrons. The van der Waals surface area contributed by atoms with Gasteiger partial charge in [-0.3, -0.25) is 4.79 Å². The quantitative estimate of drug-likeness (QED) is 0.775. The van der Waals surface area contributed by atoms with Gasteiger partial charge in [0.15, 0.2) is 6.19 Å². The lowest BCUT2D eigenvalue weighted by molar-refractivity contribution is -0.137. The molecule has 3 fully saturated rings. The van der Waals surface area contributed by atoms with Crippen LogP contribution in [0.25, 0.3) is 0 Å². The average molecular weight is 404 g/mol. The van der Waals surface area contributed by atoms with Gasteiger partial charge in [0, 0.05) is 19.1 Å². The number of pyridine rings is 1. The van der Waals surface area contributed by atoms with Crippen LogP contribution < -0.4 is 10.2 Å². The minimum absolute atomic E-state index is 0.0368. The van der Waals surface area contributed by atoms with Crippen molar-refractivity contribution >= 4 is 11.7 Å². The monoisotopic (exact) mass is 404 g/mol. The summed E-state index contributed by atoms with van der Waals surface area (Å²) >= 11 is 0. The normalized spacial score (nSPS) is 28.3. The van der Waals surface area contributed by atoms with E-state index in [1.165, 1.54) is 0 Å². The molecule has 1 aromatic rings. The second-order valence-electron chi connectivity index (χ2n) is 7.80. The summed E-state index contributed by atoms with van der Waals surface area (Å²) in [6, 6.07) is 3.47. The molecule has 2 bridgehead atoms. The predicted molar refractivity (Wildman–Crippen MR) is 95.1 cm³/mol. The van der Waals surface area contributed by atoms with Crippen LogP contribution in [0.1, 0.15) is 36.9 Å². The number of fused-ring (bicyclic) bond motifs is 2. The van der Waals surface area contributed by atoms with Gasteiger partial charge in [0.25, 0.3) is 0 Å². The highest BCUT2D eigenvalue weighted by atomic mass is 19.4. The van der Waals surface area contributed by atoms with Crippen LogP contribution in [0.5, 0.6) is 0 Å². The standard InChI is InChI=1S/C19H19F3N6O/c20-19(21,22)12-5-13(8-23)25-17(6-12)27-4-3-11(9-27)18(29)26-15-7-14-1-2-16(15)28(14)10-24/h5-6,11,14-16H,1-4,7,9H2,(H,26,29)/t11-,14-,15+,16+/m0/s1. The third-order valence-corrected chi connectivity index (χ3v) is 6.12. The number of amides is 1. The van der Waals surface area contributed by atoms with E-state index < -0.39 is 11.7 Å². The molecule has 0 aromatic carbocycles. The molecule has 3 aliphatic rings. The first-order chi connectivity index (χ1) is 13.8. The number of anilines is 1. The lowest BCUT2D eigenvalue weighted by Crippen LogP contribution is -2.46. The third-order valence-electron chi connectivity index (χ3n) is 6.12. The van der Waals surface area contributed by atoms with E-state index in [2.05, 4.69) is 16.5 Å². The van der Waals surface area contributed by atoms with Crippen LogP contribution >= 0.6 is 0 Å². The first-order valence-corrected chi connectivity index (χ1v) is 9.53. The van der Waals surface area contributed by atoms with Gasteiger partial charge >= 0.3 is 6.18 Å². The Labute approximate surface area is 165 Å². The van der Waals surface area contributed by atoms with Gasteiger partial charge in [0.2, 0.25) is 5.91 Å². The highest BCUT2D eigenvalue weighted by Crippen LogP contribution is 2.37.